The van der Waals surface area contributed by atoms with Crippen molar-refractivity contribution in [1.82, 2.24) is 5.32 Å². The Kier molecular flexibility index (Phi) is 4.40. The molecule has 2 atom stereocenters. The Bertz CT molecular complexity index is 558. The molecule has 0 aliphatic carbocycles. The maximum atomic E-state index is 12.2. The Morgan fingerprint density at radius 3 is 2.64 bits per heavy atom. The predicted molar refractivity (Wildman–Crippen MR) is 82.7 cm³/mol. The summed E-state index contributed by atoms with van der Waals surface area (Å²) in [5.41, 5.74) is 7.27. The molecule has 1 aromatic rings. The molecule has 3 N–H and O–H groups in total. The lowest BCUT2D eigenvalue weighted by Crippen LogP contribution is -2.46. The first-order chi connectivity index (χ1) is 10.6. The highest BCUT2D eigenvalue weighted by atomic mass is 16.5. The molecule has 2 heterocycles. The summed E-state index contributed by atoms with van der Waals surface area (Å²) in [4.78, 5) is 25.9. The molecule has 6 nitrogen and oxygen atoms in total. The zero-order chi connectivity index (χ0) is 15.5. The minimum atomic E-state index is -0.164. The van der Waals surface area contributed by atoms with E-state index in [1.807, 2.05) is 12.1 Å². The van der Waals surface area contributed by atoms with Crippen LogP contribution in [-0.2, 0) is 9.53 Å². The summed E-state index contributed by atoms with van der Waals surface area (Å²) < 4.78 is 5.23. The second-order valence-electron chi connectivity index (χ2n) is 5.83. The van der Waals surface area contributed by atoms with E-state index >= 15 is 0 Å². The van der Waals surface area contributed by atoms with Crippen molar-refractivity contribution < 1.29 is 14.3 Å². The monoisotopic (exact) mass is 303 g/mol. The number of benzene rings is 1. The lowest BCUT2D eigenvalue weighted by molar-refractivity contribution is -0.119. The summed E-state index contributed by atoms with van der Waals surface area (Å²) in [7, 11) is 0. The first-order valence-electron chi connectivity index (χ1n) is 7.70. The number of anilines is 1. The number of hydrogen-bond acceptors (Lipinski definition) is 4. The van der Waals surface area contributed by atoms with Gasteiger partial charge in [-0.25, -0.2) is 0 Å². The van der Waals surface area contributed by atoms with Gasteiger partial charge in [0.25, 0.3) is 5.91 Å². The van der Waals surface area contributed by atoms with Crippen molar-refractivity contribution in [2.24, 2.45) is 5.73 Å². The molecule has 6 heteroatoms. The summed E-state index contributed by atoms with van der Waals surface area (Å²) in [5, 5.41) is 2.88. The number of nitrogens with zero attached hydrogens (tertiary/aromatic N) is 1. The minimum absolute atomic E-state index is 0.143. The molecule has 0 spiro atoms. The summed E-state index contributed by atoms with van der Waals surface area (Å²) in [6.45, 7) is 1.67. The number of carbonyl (C=O) groups is 2. The molecular formula is C16H21N3O3. The number of carbonyl (C=O) groups excluding carboxylic acids is 2. The van der Waals surface area contributed by atoms with Crippen LogP contribution in [0.1, 0.15) is 29.6 Å². The highest BCUT2D eigenvalue weighted by molar-refractivity contribution is 5.97. The van der Waals surface area contributed by atoms with Gasteiger partial charge in [0.15, 0.2) is 0 Å². The summed E-state index contributed by atoms with van der Waals surface area (Å²) >= 11 is 0. The molecule has 0 radical (unpaired) electrons. The third-order valence-corrected chi connectivity index (χ3v) is 4.21. The van der Waals surface area contributed by atoms with Gasteiger partial charge in [-0.2, -0.15) is 0 Å². The lowest BCUT2D eigenvalue weighted by atomic mass is 10.1. The summed E-state index contributed by atoms with van der Waals surface area (Å²) in [6, 6.07) is 6.83. The van der Waals surface area contributed by atoms with E-state index in [9.17, 15) is 9.59 Å². The predicted octanol–water partition coefficient (Wildman–Crippen LogP) is 0.659. The SMILES string of the molecule is NC1COCC1NC(=O)c1ccc(N2CCCCC2=O)cc1. The van der Waals surface area contributed by atoms with Gasteiger partial charge in [-0.15, -0.1) is 0 Å². The van der Waals surface area contributed by atoms with Gasteiger partial charge in [-0.1, -0.05) is 0 Å². The fourth-order valence-electron chi connectivity index (χ4n) is 2.84. The largest absolute Gasteiger partial charge is 0.378 e. The van der Waals surface area contributed by atoms with Crippen molar-refractivity contribution in [2.75, 3.05) is 24.7 Å². The van der Waals surface area contributed by atoms with Gasteiger partial charge in [-0.3, -0.25) is 9.59 Å². The van der Waals surface area contributed by atoms with Gasteiger partial charge in [0.1, 0.15) is 0 Å². The van der Waals surface area contributed by atoms with E-state index in [4.69, 9.17) is 10.5 Å². The van der Waals surface area contributed by atoms with E-state index in [1.54, 1.807) is 17.0 Å². The van der Waals surface area contributed by atoms with Gasteiger partial charge in [0, 0.05) is 24.2 Å². The van der Waals surface area contributed by atoms with Gasteiger partial charge in [0.2, 0.25) is 5.91 Å². The van der Waals surface area contributed by atoms with Crippen LogP contribution in [0.3, 0.4) is 0 Å². The lowest BCUT2D eigenvalue weighted by Gasteiger charge is -2.26. The highest BCUT2D eigenvalue weighted by Crippen LogP contribution is 2.21. The molecule has 3 rings (SSSR count). The van der Waals surface area contributed by atoms with Gasteiger partial charge >= 0.3 is 0 Å². The Morgan fingerprint density at radius 1 is 1.23 bits per heavy atom. The van der Waals surface area contributed by atoms with Crippen molar-refractivity contribution in [3.63, 3.8) is 0 Å². The summed E-state index contributed by atoms with van der Waals surface area (Å²) in [5.74, 6) is -0.0139. The van der Waals surface area contributed by atoms with Crippen LogP contribution in [0.2, 0.25) is 0 Å². The number of nitrogens with one attached hydrogen (secondary N) is 1. The molecule has 22 heavy (non-hydrogen) atoms. The second kappa shape index (κ2) is 6.46. The van der Waals surface area contributed by atoms with Crippen LogP contribution >= 0.6 is 0 Å². The van der Waals surface area contributed by atoms with E-state index in [0.29, 0.717) is 25.2 Å². The van der Waals surface area contributed by atoms with Crippen LogP contribution in [0.25, 0.3) is 0 Å². The van der Waals surface area contributed by atoms with Crippen LogP contribution in [0.15, 0.2) is 24.3 Å². The van der Waals surface area contributed by atoms with Crippen LogP contribution in [0, 0.1) is 0 Å². The molecule has 1 aromatic carbocycles. The van der Waals surface area contributed by atoms with Crippen molar-refractivity contribution in [1.29, 1.82) is 0 Å². The molecule has 2 unspecified atom stereocenters. The number of nitrogens with two attached hydrogens (primary N) is 1. The summed E-state index contributed by atoms with van der Waals surface area (Å²) in [6.07, 6.45) is 2.58. The Hall–Kier alpha value is -1.92. The number of rotatable bonds is 3. The van der Waals surface area contributed by atoms with Crippen LogP contribution in [-0.4, -0.2) is 43.7 Å². The topological polar surface area (TPSA) is 84.7 Å². The first-order valence-corrected chi connectivity index (χ1v) is 7.70. The minimum Gasteiger partial charge on any atom is -0.378 e. The zero-order valence-corrected chi connectivity index (χ0v) is 12.5. The Morgan fingerprint density at radius 2 is 2.00 bits per heavy atom. The Labute approximate surface area is 129 Å². The quantitative estimate of drug-likeness (QED) is 0.859. The van der Waals surface area contributed by atoms with Gasteiger partial charge in [-0.05, 0) is 37.1 Å². The molecule has 118 valence electrons. The maximum Gasteiger partial charge on any atom is 0.251 e. The second-order valence-corrected chi connectivity index (χ2v) is 5.83. The third kappa shape index (κ3) is 3.13. The van der Waals surface area contributed by atoms with E-state index in [-0.39, 0.29) is 23.9 Å². The van der Waals surface area contributed by atoms with Crippen LogP contribution < -0.4 is 16.0 Å². The molecule has 2 saturated heterocycles. The normalized spacial score (nSPS) is 25.3. The van der Waals surface area contributed by atoms with Crippen molar-refractivity contribution in [2.45, 2.75) is 31.3 Å². The fourth-order valence-corrected chi connectivity index (χ4v) is 2.84. The van der Waals surface area contributed by atoms with E-state index in [0.717, 1.165) is 25.1 Å². The van der Waals surface area contributed by atoms with Crippen molar-refractivity contribution in [3.8, 4) is 0 Å². The van der Waals surface area contributed by atoms with E-state index in [1.165, 1.54) is 0 Å². The first kappa shape index (κ1) is 15.0. The average molecular weight is 303 g/mol. The molecule has 2 amide bonds. The van der Waals surface area contributed by atoms with Crippen LogP contribution in [0.4, 0.5) is 5.69 Å². The number of hydrogen-bond donors (Lipinski definition) is 2. The third-order valence-electron chi connectivity index (χ3n) is 4.21. The van der Waals surface area contributed by atoms with Crippen molar-refractivity contribution >= 4 is 17.5 Å². The average Bonchev–Trinajstić information content (AvgIpc) is 2.93. The molecule has 0 aromatic heterocycles. The molecule has 2 aliphatic heterocycles. The van der Waals surface area contributed by atoms with Gasteiger partial charge < -0.3 is 20.7 Å². The molecule has 2 aliphatic rings. The van der Waals surface area contributed by atoms with E-state index < -0.39 is 0 Å². The maximum absolute atomic E-state index is 12.2. The van der Waals surface area contributed by atoms with Gasteiger partial charge in [0.05, 0.1) is 25.3 Å². The zero-order valence-electron chi connectivity index (χ0n) is 12.5. The molecule has 2 fully saturated rings. The Balaban J connectivity index is 1.65. The number of ether oxygens (including phenoxy) is 1. The van der Waals surface area contributed by atoms with Crippen molar-refractivity contribution in [3.05, 3.63) is 29.8 Å². The number of piperidine rings is 1. The number of amides is 2. The standard InChI is InChI=1S/C16H21N3O3/c17-13-9-22-10-14(13)18-16(21)11-4-6-12(7-5-11)19-8-2-1-3-15(19)20/h4-7,13-14H,1-3,8-10,17H2,(H,18,21). The fraction of sp³-hybridized carbons (Fsp3) is 0.500. The molecule has 0 bridgehead atoms. The highest BCUT2D eigenvalue weighted by Gasteiger charge is 2.26. The van der Waals surface area contributed by atoms with Crippen LogP contribution in [0.5, 0.6) is 0 Å². The smallest absolute Gasteiger partial charge is 0.251 e. The van der Waals surface area contributed by atoms with E-state index in [2.05, 4.69) is 5.32 Å². The molecule has 0 saturated carbocycles. The molecular weight excluding hydrogens is 282 g/mol.